The Bertz CT molecular complexity index is 508. The zero-order valence-corrected chi connectivity index (χ0v) is 11.7. The Morgan fingerprint density at radius 1 is 1.53 bits per heavy atom. The van der Waals surface area contributed by atoms with E-state index in [0.717, 1.165) is 12.1 Å². The Kier molecular flexibility index (Phi) is 5.53. The number of benzene rings is 1. The zero-order chi connectivity index (χ0) is 14.6. The molecular formula is C11H13Cl2N3O3. The number of hydrogen-bond donors (Lipinski definition) is 2. The molecule has 3 N–H and O–H groups in total. The maximum atomic E-state index is 11.9. The predicted octanol–water partition coefficient (Wildman–Crippen LogP) is 2.37. The molecule has 1 unspecified atom stereocenters. The van der Waals surface area contributed by atoms with Gasteiger partial charge < -0.3 is 11.1 Å². The van der Waals surface area contributed by atoms with E-state index in [9.17, 15) is 14.9 Å². The Labute approximate surface area is 120 Å². The Hall–Kier alpha value is -1.37. The van der Waals surface area contributed by atoms with E-state index in [0.29, 0.717) is 6.42 Å². The number of hydrogen-bond acceptors (Lipinski definition) is 4. The highest BCUT2D eigenvalue weighted by molar-refractivity contribution is 6.44. The van der Waals surface area contributed by atoms with Crippen LogP contribution in [-0.2, 0) is 0 Å². The van der Waals surface area contributed by atoms with Gasteiger partial charge in [0, 0.05) is 24.7 Å². The van der Waals surface area contributed by atoms with Crippen molar-refractivity contribution >= 4 is 34.8 Å². The third-order valence-electron chi connectivity index (χ3n) is 2.52. The molecule has 1 aromatic rings. The molecule has 19 heavy (non-hydrogen) atoms. The van der Waals surface area contributed by atoms with Crippen LogP contribution in [-0.4, -0.2) is 23.4 Å². The summed E-state index contributed by atoms with van der Waals surface area (Å²) in [6.45, 7) is 2.14. The minimum atomic E-state index is -0.642. The van der Waals surface area contributed by atoms with Crippen molar-refractivity contribution < 1.29 is 9.72 Å². The number of halogens is 2. The molecule has 0 aliphatic heterocycles. The van der Waals surface area contributed by atoms with E-state index in [2.05, 4.69) is 5.32 Å². The molecule has 1 aromatic carbocycles. The second-order valence-corrected chi connectivity index (χ2v) is 4.71. The zero-order valence-electron chi connectivity index (χ0n) is 10.2. The number of non-ortho nitro benzene ring substituents is 1. The first-order valence-electron chi connectivity index (χ1n) is 5.54. The number of nitrogens with one attached hydrogen (secondary N) is 1. The van der Waals surface area contributed by atoms with Crippen molar-refractivity contribution in [2.24, 2.45) is 5.73 Å². The summed E-state index contributed by atoms with van der Waals surface area (Å²) in [6, 6.07) is 2.00. The highest BCUT2D eigenvalue weighted by Gasteiger charge is 2.19. The number of nitro benzene ring substituents is 1. The summed E-state index contributed by atoms with van der Waals surface area (Å²) in [4.78, 5) is 21.9. The minimum absolute atomic E-state index is 0.0187. The topological polar surface area (TPSA) is 98.3 Å². The molecule has 0 bridgehead atoms. The van der Waals surface area contributed by atoms with Gasteiger partial charge in [-0.1, -0.05) is 30.1 Å². The molecule has 1 rings (SSSR count). The molecule has 0 heterocycles. The number of rotatable bonds is 5. The quantitative estimate of drug-likeness (QED) is 0.644. The first kappa shape index (κ1) is 15.7. The number of nitrogens with zero attached hydrogens (tertiary/aromatic N) is 1. The molecule has 0 fully saturated rings. The lowest BCUT2D eigenvalue weighted by molar-refractivity contribution is -0.384. The summed E-state index contributed by atoms with van der Waals surface area (Å²) in [5, 5.41) is 13.2. The summed E-state index contributed by atoms with van der Waals surface area (Å²) < 4.78 is 0. The monoisotopic (exact) mass is 305 g/mol. The van der Waals surface area contributed by atoms with Crippen molar-refractivity contribution in [3.05, 3.63) is 37.9 Å². The smallest absolute Gasteiger partial charge is 0.271 e. The first-order valence-corrected chi connectivity index (χ1v) is 6.29. The van der Waals surface area contributed by atoms with E-state index in [1.165, 1.54) is 0 Å². The molecule has 0 saturated heterocycles. The number of carbonyl (C=O) groups excluding carboxylic acids is 1. The predicted molar refractivity (Wildman–Crippen MR) is 73.7 cm³/mol. The first-order chi connectivity index (χ1) is 8.86. The van der Waals surface area contributed by atoms with Gasteiger partial charge in [-0.25, -0.2) is 0 Å². The van der Waals surface area contributed by atoms with Crippen LogP contribution in [0.4, 0.5) is 5.69 Å². The van der Waals surface area contributed by atoms with Gasteiger partial charge in [0.15, 0.2) is 0 Å². The van der Waals surface area contributed by atoms with Crippen LogP contribution in [0.3, 0.4) is 0 Å². The average Bonchev–Trinajstić information content (AvgIpc) is 2.38. The lowest BCUT2D eigenvalue weighted by atomic mass is 10.1. The van der Waals surface area contributed by atoms with E-state index >= 15 is 0 Å². The van der Waals surface area contributed by atoms with Gasteiger partial charge in [-0.15, -0.1) is 0 Å². The van der Waals surface area contributed by atoms with Crippen LogP contribution in [0.25, 0.3) is 0 Å². The van der Waals surface area contributed by atoms with Crippen LogP contribution in [0.5, 0.6) is 0 Å². The molecule has 0 spiro atoms. The van der Waals surface area contributed by atoms with Crippen LogP contribution in [0, 0.1) is 10.1 Å². The fourth-order valence-electron chi connectivity index (χ4n) is 1.31. The molecule has 0 aliphatic carbocycles. The number of amides is 1. The number of carbonyl (C=O) groups is 1. The Morgan fingerprint density at radius 2 is 2.16 bits per heavy atom. The van der Waals surface area contributed by atoms with E-state index in [4.69, 9.17) is 28.9 Å². The summed E-state index contributed by atoms with van der Waals surface area (Å²) in [7, 11) is 0. The molecule has 0 radical (unpaired) electrons. The summed E-state index contributed by atoms with van der Waals surface area (Å²) >= 11 is 11.6. The third kappa shape index (κ3) is 4.05. The van der Waals surface area contributed by atoms with Crippen molar-refractivity contribution in [3.63, 3.8) is 0 Å². The van der Waals surface area contributed by atoms with Gasteiger partial charge in [0.05, 0.1) is 20.5 Å². The minimum Gasteiger partial charge on any atom is -0.350 e. The van der Waals surface area contributed by atoms with E-state index in [-0.39, 0.29) is 33.9 Å². The fourth-order valence-corrected chi connectivity index (χ4v) is 1.72. The standard InChI is InChI=1S/C11H13Cl2N3O3/c1-2-6(14)5-15-11(17)8-3-7(16(18)19)4-9(12)10(8)13/h3-4,6H,2,5,14H2,1H3,(H,15,17). The van der Waals surface area contributed by atoms with Crippen molar-refractivity contribution in [2.45, 2.75) is 19.4 Å². The molecule has 104 valence electrons. The van der Waals surface area contributed by atoms with Gasteiger partial charge in [-0.3, -0.25) is 14.9 Å². The van der Waals surface area contributed by atoms with Crippen LogP contribution in [0.1, 0.15) is 23.7 Å². The lowest BCUT2D eigenvalue weighted by Crippen LogP contribution is -2.36. The fraction of sp³-hybridized carbons (Fsp3) is 0.364. The average molecular weight is 306 g/mol. The second-order valence-electron chi connectivity index (χ2n) is 3.92. The maximum Gasteiger partial charge on any atom is 0.271 e. The molecule has 1 atom stereocenters. The van der Waals surface area contributed by atoms with Gasteiger partial charge in [-0.05, 0) is 6.42 Å². The lowest BCUT2D eigenvalue weighted by Gasteiger charge is -2.11. The summed E-state index contributed by atoms with van der Waals surface area (Å²) in [5.74, 6) is -0.542. The van der Waals surface area contributed by atoms with Crippen LogP contribution in [0.15, 0.2) is 12.1 Å². The highest BCUT2D eigenvalue weighted by Crippen LogP contribution is 2.30. The van der Waals surface area contributed by atoms with Gasteiger partial charge in [0.2, 0.25) is 0 Å². The molecule has 0 saturated carbocycles. The van der Waals surface area contributed by atoms with Gasteiger partial charge in [-0.2, -0.15) is 0 Å². The molecular weight excluding hydrogens is 293 g/mol. The number of nitrogens with two attached hydrogens (primary N) is 1. The maximum absolute atomic E-state index is 11.9. The van der Waals surface area contributed by atoms with E-state index in [1.807, 2.05) is 6.92 Å². The second kappa shape index (κ2) is 6.70. The van der Waals surface area contributed by atoms with E-state index in [1.54, 1.807) is 0 Å². The SMILES string of the molecule is CCC(N)CNC(=O)c1cc([N+](=O)[O-])cc(Cl)c1Cl. The van der Waals surface area contributed by atoms with Crippen molar-refractivity contribution in [3.8, 4) is 0 Å². The van der Waals surface area contributed by atoms with Crippen LogP contribution < -0.4 is 11.1 Å². The largest absolute Gasteiger partial charge is 0.350 e. The summed E-state index contributed by atoms with van der Waals surface area (Å²) in [6.07, 6.45) is 0.698. The van der Waals surface area contributed by atoms with Crippen LogP contribution >= 0.6 is 23.2 Å². The number of nitro groups is 1. The molecule has 1 amide bonds. The summed E-state index contributed by atoms with van der Waals surface area (Å²) in [5.41, 5.74) is 5.33. The van der Waals surface area contributed by atoms with Gasteiger partial charge >= 0.3 is 0 Å². The Balaban J connectivity index is 2.98. The molecule has 0 aromatic heterocycles. The van der Waals surface area contributed by atoms with Crippen LogP contribution in [0.2, 0.25) is 10.0 Å². The molecule has 0 aliphatic rings. The van der Waals surface area contributed by atoms with Crippen molar-refractivity contribution in [1.82, 2.24) is 5.32 Å². The molecule has 6 nitrogen and oxygen atoms in total. The van der Waals surface area contributed by atoms with E-state index < -0.39 is 10.8 Å². The molecule has 8 heteroatoms. The third-order valence-corrected chi connectivity index (χ3v) is 3.32. The van der Waals surface area contributed by atoms with Crippen molar-refractivity contribution in [2.75, 3.05) is 6.54 Å². The normalized spacial score (nSPS) is 12.0. The van der Waals surface area contributed by atoms with Gasteiger partial charge in [0.25, 0.3) is 11.6 Å². The Morgan fingerprint density at radius 3 is 2.68 bits per heavy atom. The van der Waals surface area contributed by atoms with Crippen molar-refractivity contribution in [1.29, 1.82) is 0 Å². The highest BCUT2D eigenvalue weighted by atomic mass is 35.5. The van der Waals surface area contributed by atoms with Gasteiger partial charge in [0.1, 0.15) is 0 Å².